The van der Waals surface area contributed by atoms with Crippen molar-refractivity contribution in [1.82, 2.24) is 10.3 Å². The molecule has 1 aromatic rings. The van der Waals surface area contributed by atoms with Crippen LogP contribution in [-0.2, 0) is 0 Å². The molecule has 6 nitrogen and oxygen atoms in total. The predicted molar refractivity (Wildman–Crippen MR) is 87.9 cm³/mol. The molecule has 2 heterocycles. The lowest BCUT2D eigenvalue weighted by atomic mass is 10.2. The summed E-state index contributed by atoms with van der Waals surface area (Å²) in [5.74, 6) is 0.911. The van der Waals surface area contributed by atoms with Gasteiger partial charge < -0.3 is 20.1 Å². The van der Waals surface area contributed by atoms with Gasteiger partial charge in [0.25, 0.3) is 5.91 Å². The number of pyridine rings is 1. The van der Waals surface area contributed by atoms with Crippen LogP contribution in [0.1, 0.15) is 43.1 Å². The van der Waals surface area contributed by atoms with E-state index in [9.17, 15) is 4.79 Å². The number of carbonyl (C=O) groups is 1. The molecule has 2 fully saturated rings. The van der Waals surface area contributed by atoms with Crippen LogP contribution in [0.3, 0.4) is 0 Å². The maximum absolute atomic E-state index is 12.2. The Morgan fingerprint density at radius 1 is 1.43 bits per heavy atom. The Hall–Kier alpha value is -1.82. The lowest BCUT2D eigenvalue weighted by Gasteiger charge is -2.21. The molecule has 1 saturated carbocycles. The lowest BCUT2D eigenvalue weighted by Crippen LogP contribution is -2.35. The van der Waals surface area contributed by atoms with Gasteiger partial charge in [0.2, 0.25) is 5.88 Å². The second kappa shape index (κ2) is 7.17. The average molecular weight is 319 g/mol. The number of rotatable bonds is 7. The molecule has 23 heavy (non-hydrogen) atoms. The van der Waals surface area contributed by atoms with Gasteiger partial charge in [-0.05, 0) is 50.7 Å². The molecule has 0 bridgehead atoms. The van der Waals surface area contributed by atoms with Gasteiger partial charge in [0.15, 0.2) is 0 Å². The first-order chi connectivity index (χ1) is 11.2. The van der Waals surface area contributed by atoms with Crippen molar-refractivity contribution in [2.45, 2.75) is 38.6 Å². The molecule has 126 valence electrons. The minimum atomic E-state index is -0.293. The first-order valence-electron chi connectivity index (χ1n) is 8.48. The van der Waals surface area contributed by atoms with Crippen LogP contribution in [-0.4, -0.2) is 48.3 Å². The number of hydrogen-bond donors (Lipinski definition) is 2. The largest absolute Gasteiger partial charge is 0.476 e. The van der Waals surface area contributed by atoms with E-state index in [-0.39, 0.29) is 18.6 Å². The van der Waals surface area contributed by atoms with Gasteiger partial charge in [-0.25, -0.2) is 4.98 Å². The van der Waals surface area contributed by atoms with Crippen LogP contribution in [0.15, 0.2) is 12.1 Å². The average Bonchev–Trinajstić information content (AvgIpc) is 3.24. The molecule has 3 rings (SSSR count). The second-order valence-corrected chi connectivity index (χ2v) is 6.53. The number of hydrogen-bond acceptors (Lipinski definition) is 5. The number of aliphatic hydroxyl groups is 1. The van der Waals surface area contributed by atoms with E-state index in [1.165, 1.54) is 25.7 Å². The third-order valence-corrected chi connectivity index (χ3v) is 4.32. The lowest BCUT2D eigenvalue weighted by molar-refractivity contribution is 0.0916. The summed E-state index contributed by atoms with van der Waals surface area (Å²) in [6.07, 6.45) is 4.79. The van der Waals surface area contributed by atoms with Crippen molar-refractivity contribution in [3.8, 4) is 5.88 Å². The second-order valence-electron chi connectivity index (χ2n) is 6.53. The standard InChI is InChI=1S/C17H25N3O3/c1-12(10-21)18-16(22)14-6-7-15(20-8-2-3-9-20)17(19-14)23-11-13-4-5-13/h6-7,12-13,21H,2-5,8-11H2,1H3,(H,18,22). The number of aliphatic hydroxyl groups excluding tert-OH is 1. The molecule has 1 aliphatic carbocycles. The van der Waals surface area contributed by atoms with Crippen molar-refractivity contribution < 1.29 is 14.6 Å². The highest BCUT2D eigenvalue weighted by molar-refractivity contribution is 5.93. The maximum Gasteiger partial charge on any atom is 0.270 e. The number of nitrogens with one attached hydrogen (secondary N) is 1. The van der Waals surface area contributed by atoms with E-state index >= 15 is 0 Å². The van der Waals surface area contributed by atoms with Crippen molar-refractivity contribution in [3.05, 3.63) is 17.8 Å². The van der Waals surface area contributed by atoms with E-state index in [1.54, 1.807) is 13.0 Å². The van der Waals surface area contributed by atoms with Gasteiger partial charge in [0.1, 0.15) is 5.69 Å². The van der Waals surface area contributed by atoms with Crippen LogP contribution in [0.5, 0.6) is 5.88 Å². The Morgan fingerprint density at radius 3 is 2.83 bits per heavy atom. The monoisotopic (exact) mass is 319 g/mol. The summed E-state index contributed by atoms with van der Waals surface area (Å²) in [4.78, 5) is 18.9. The first kappa shape index (κ1) is 16.1. The van der Waals surface area contributed by atoms with Crippen LogP contribution in [0, 0.1) is 5.92 Å². The number of aromatic nitrogens is 1. The fourth-order valence-electron chi connectivity index (χ4n) is 2.69. The van der Waals surface area contributed by atoms with Gasteiger partial charge >= 0.3 is 0 Å². The third kappa shape index (κ3) is 4.13. The van der Waals surface area contributed by atoms with Gasteiger partial charge in [0.05, 0.1) is 18.9 Å². The van der Waals surface area contributed by atoms with E-state index in [0.29, 0.717) is 24.1 Å². The molecule has 1 aliphatic heterocycles. The fraction of sp³-hybridized carbons (Fsp3) is 0.647. The summed E-state index contributed by atoms with van der Waals surface area (Å²) in [5.41, 5.74) is 1.31. The Bertz CT molecular complexity index is 554. The molecule has 1 unspecified atom stereocenters. The van der Waals surface area contributed by atoms with Crippen molar-refractivity contribution in [2.24, 2.45) is 5.92 Å². The van der Waals surface area contributed by atoms with Gasteiger partial charge in [-0.3, -0.25) is 4.79 Å². The number of anilines is 1. The highest BCUT2D eigenvalue weighted by Crippen LogP contribution is 2.33. The van der Waals surface area contributed by atoms with Crippen LogP contribution < -0.4 is 15.0 Å². The number of nitrogens with zero attached hydrogens (tertiary/aromatic N) is 2. The zero-order chi connectivity index (χ0) is 16.2. The van der Waals surface area contributed by atoms with Crippen LogP contribution >= 0.6 is 0 Å². The molecule has 2 aliphatic rings. The summed E-state index contributed by atoms with van der Waals surface area (Å²) in [6, 6.07) is 3.37. The first-order valence-corrected chi connectivity index (χ1v) is 8.48. The Labute approximate surface area is 136 Å². The molecule has 2 N–H and O–H groups in total. The summed E-state index contributed by atoms with van der Waals surface area (Å²) in [7, 11) is 0. The summed E-state index contributed by atoms with van der Waals surface area (Å²) >= 11 is 0. The van der Waals surface area contributed by atoms with E-state index in [0.717, 1.165) is 18.8 Å². The van der Waals surface area contributed by atoms with Gasteiger partial charge in [-0.2, -0.15) is 0 Å². The normalized spacial score (nSPS) is 18.8. The molecular weight excluding hydrogens is 294 g/mol. The zero-order valence-corrected chi connectivity index (χ0v) is 13.6. The van der Waals surface area contributed by atoms with E-state index in [4.69, 9.17) is 9.84 Å². The van der Waals surface area contributed by atoms with E-state index < -0.39 is 0 Å². The van der Waals surface area contributed by atoms with Crippen LogP contribution in [0.2, 0.25) is 0 Å². The molecule has 6 heteroatoms. The molecule has 1 saturated heterocycles. The highest BCUT2D eigenvalue weighted by Gasteiger charge is 2.25. The quantitative estimate of drug-likeness (QED) is 0.798. The van der Waals surface area contributed by atoms with Crippen LogP contribution in [0.4, 0.5) is 5.69 Å². The molecular formula is C17H25N3O3. The topological polar surface area (TPSA) is 74.7 Å². The van der Waals surface area contributed by atoms with Gasteiger partial charge in [-0.15, -0.1) is 0 Å². The summed E-state index contributed by atoms with van der Waals surface area (Å²) in [5, 5.41) is 11.8. The highest BCUT2D eigenvalue weighted by atomic mass is 16.5. The fourth-order valence-corrected chi connectivity index (χ4v) is 2.69. The number of amides is 1. The Morgan fingerprint density at radius 2 is 2.17 bits per heavy atom. The van der Waals surface area contributed by atoms with E-state index in [1.807, 2.05) is 6.07 Å². The summed E-state index contributed by atoms with van der Waals surface area (Å²) < 4.78 is 5.91. The van der Waals surface area contributed by atoms with Crippen molar-refractivity contribution in [3.63, 3.8) is 0 Å². The van der Waals surface area contributed by atoms with Crippen molar-refractivity contribution >= 4 is 11.6 Å². The SMILES string of the molecule is CC(CO)NC(=O)c1ccc(N2CCCC2)c(OCC2CC2)n1. The Balaban J connectivity index is 1.77. The molecule has 0 aromatic carbocycles. The Kier molecular flexibility index (Phi) is 5.00. The van der Waals surface area contributed by atoms with Crippen molar-refractivity contribution in [1.29, 1.82) is 0 Å². The minimum Gasteiger partial charge on any atom is -0.476 e. The summed E-state index contributed by atoms with van der Waals surface area (Å²) in [6.45, 7) is 4.35. The third-order valence-electron chi connectivity index (χ3n) is 4.32. The molecule has 1 aromatic heterocycles. The molecule has 1 amide bonds. The van der Waals surface area contributed by atoms with Gasteiger partial charge in [0, 0.05) is 19.1 Å². The van der Waals surface area contributed by atoms with Crippen LogP contribution in [0.25, 0.3) is 0 Å². The van der Waals surface area contributed by atoms with Crippen molar-refractivity contribution in [2.75, 3.05) is 31.2 Å². The van der Waals surface area contributed by atoms with E-state index in [2.05, 4.69) is 15.2 Å². The molecule has 0 spiro atoms. The zero-order valence-electron chi connectivity index (χ0n) is 13.6. The molecule has 0 radical (unpaired) electrons. The number of carbonyl (C=O) groups excluding carboxylic acids is 1. The minimum absolute atomic E-state index is 0.0946. The van der Waals surface area contributed by atoms with Gasteiger partial charge in [-0.1, -0.05) is 0 Å². The predicted octanol–water partition coefficient (Wildman–Crippen LogP) is 1.58. The molecule has 1 atom stereocenters. The maximum atomic E-state index is 12.2. The smallest absolute Gasteiger partial charge is 0.270 e. The number of ether oxygens (including phenoxy) is 1.